The molecule has 0 radical (unpaired) electrons. The molecule has 0 fully saturated rings. The first-order chi connectivity index (χ1) is 14.7. The molecule has 0 aliphatic rings. The minimum atomic E-state index is -0.299. The third kappa shape index (κ3) is 7.11. The number of hydrogen-bond acceptors (Lipinski definition) is 3. The molecule has 0 saturated heterocycles. The largest absolute Gasteiger partial charge is 0.322 e. The number of anilines is 2. The Morgan fingerprint density at radius 1 is 1.06 bits per heavy atom. The summed E-state index contributed by atoms with van der Waals surface area (Å²) >= 11 is 0. The molecule has 32 heavy (non-hydrogen) atoms. The Hall–Kier alpha value is -2.83. The maximum Gasteiger partial charge on any atom is 0.322 e. The van der Waals surface area contributed by atoms with E-state index in [0.29, 0.717) is 18.1 Å². The maximum atomic E-state index is 13.0. The minimum absolute atomic E-state index is 0.0456. The Morgan fingerprint density at radius 2 is 1.72 bits per heavy atom. The van der Waals surface area contributed by atoms with E-state index in [2.05, 4.69) is 31.4 Å². The quantitative estimate of drug-likeness (QED) is 0.632. The molecule has 3 amide bonds. The van der Waals surface area contributed by atoms with Crippen LogP contribution in [0.2, 0.25) is 0 Å². The molecular weight excluding hydrogens is 402 g/mol. The first kappa shape index (κ1) is 25.4. The van der Waals surface area contributed by atoms with Gasteiger partial charge in [-0.2, -0.15) is 5.10 Å². The number of carbonyl (C=O) groups excluding carboxylic acids is 2. The van der Waals surface area contributed by atoms with Gasteiger partial charge in [-0.15, -0.1) is 0 Å². The molecule has 2 N–H and O–H groups in total. The second-order valence-electron chi connectivity index (χ2n) is 10.9. The highest BCUT2D eigenvalue weighted by molar-refractivity contribution is 5.96. The third-order valence-electron chi connectivity index (χ3n) is 4.86. The lowest BCUT2D eigenvalue weighted by molar-refractivity contribution is -0.116. The number of hydrogen-bond donors (Lipinski definition) is 2. The Kier molecular flexibility index (Phi) is 7.75. The molecule has 2 aromatic rings. The van der Waals surface area contributed by atoms with Gasteiger partial charge in [0.2, 0.25) is 5.91 Å². The van der Waals surface area contributed by atoms with Crippen LogP contribution in [0.4, 0.5) is 16.3 Å². The van der Waals surface area contributed by atoms with Crippen molar-refractivity contribution in [1.82, 2.24) is 14.7 Å². The van der Waals surface area contributed by atoms with Crippen molar-refractivity contribution in [2.75, 3.05) is 23.7 Å². The van der Waals surface area contributed by atoms with Gasteiger partial charge < -0.3 is 15.5 Å². The van der Waals surface area contributed by atoms with Crippen molar-refractivity contribution < 1.29 is 9.59 Å². The molecule has 0 aliphatic heterocycles. The van der Waals surface area contributed by atoms with Crippen LogP contribution in [-0.2, 0) is 15.7 Å². The Bertz CT molecular complexity index is 948. The predicted octanol–water partition coefficient (Wildman–Crippen LogP) is 5.37. The summed E-state index contributed by atoms with van der Waals surface area (Å²) in [6.45, 7) is 18.8. The SMILES string of the molecule is Cc1cccc(NC(=O)N(CC(=O)Nc2cc(C(C)(C)C)nn2C(C)(C)C)CC(C)C)c1. The van der Waals surface area contributed by atoms with Gasteiger partial charge in [-0.3, -0.25) is 4.79 Å². The molecular formula is C25H39N5O2. The van der Waals surface area contributed by atoms with Crippen LogP contribution in [0.3, 0.4) is 0 Å². The Labute approximate surface area is 192 Å². The molecule has 0 bridgehead atoms. The summed E-state index contributed by atoms with van der Waals surface area (Å²) in [4.78, 5) is 27.5. The lowest BCUT2D eigenvalue weighted by atomic mass is 9.92. The van der Waals surface area contributed by atoms with Crippen LogP contribution < -0.4 is 10.6 Å². The highest BCUT2D eigenvalue weighted by Crippen LogP contribution is 2.28. The second-order valence-corrected chi connectivity index (χ2v) is 10.9. The van der Waals surface area contributed by atoms with Crippen LogP contribution in [0.5, 0.6) is 0 Å². The van der Waals surface area contributed by atoms with Gasteiger partial charge in [0, 0.05) is 23.7 Å². The van der Waals surface area contributed by atoms with Crippen molar-refractivity contribution in [3.8, 4) is 0 Å². The van der Waals surface area contributed by atoms with Crippen LogP contribution in [0, 0.1) is 12.8 Å². The van der Waals surface area contributed by atoms with Crippen molar-refractivity contribution >= 4 is 23.4 Å². The molecule has 7 nitrogen and oxygen atoms in total. The summed E-state index contributed by atoms with van der Waals surface area (Å²) in [5.41, 5.74) is 2.23. The van der Waals surface area contributed by atoms with Gasteiger partial charge in [0.05, 0.1) is 11.2 Å². The molecule has 0 unspecified atom stereocenters. The van der Waals surface area contributed by atoms with Gasteiger partial charge in [-0.25, -0.2) is 9.48 Å². The van der Waals surface area contributed by atoms with Gasteiger partial charge in [-0.05, 0) is 51.3 Å². The average molecular weight is 442 g/mol. The molecule has 0 atom stereocenters. The molecule has 176 valence electrons. The zero-order chi connectivity index (χ0) is 24.3. The van der Waals surface area contributed by atoms with E-state index in [0.717, 1.165) is 11.3 Å². The smallest absolute Gasteiger partial charge is 0.315 e. The van der Waals surface area contributed by atoms with Crippen molar-refractivity contribution in [1.29, 1.82) is 0 Å². The molecule has 7 heteroatoms. The fraction of sp³-hybridized carbons (Fsp3) is 0.560. The topological polar surface area (TPSA) is 79.3 Å². The number of amides is 3. The first-order valence-electron chi connectivity index (χ1n) is 11.2. The van der Waals surface area contributed by atoms with E-state index >= 15 is 0 Å². The summed E-state index contributed by atoms with van der Waals surface area (Å²) in [5, 5.41) is 10.6. The number of urea groups is 1. The molecule has 1 heterocycles. The summed E-state index contributed by atoms with van der Waals surface area (Å²) in [6, 6.07) is 9.24. The highest BCUT2D eigenvalue weighted by atomic mass is 16.2. The van der Waals surface area contributed by atoms with Gasteiger partial charge >= 0.3 is 6.03 Å². The molecule has 0 aliphatic carbocycles. The minimum Gasteiger partial charge on any atom is -0.315 e. The summed E-state index contributed by atoms with van der Waals surface area (Å²) in [6.07, 6.45) is 0. The monoisotopic (exact) mass is 441 g/mol. The van der Waals surface area contributed by atoms with Gasteiger partial charge in [0.15, 0.2) is 0 Å². The first-order valence-corrected chi connectivity index (χ1v) is 11.2. The fourth-order valence-corrected chi connectivity index (χ4v) is 3.29. The van der Waals surface area contributed by atoms with E-state index in [9.17, 15) is 9.59 Å². The van der Waals surface area contributed by atoms with Crippen molar-refractivity contribution in [3.05, 3.63) is 41.6 Å². The van der Waals surface area contributed by atoms with Gasteiger partial charge in [0.1, 0.15) is 12.4 Å². The zero-order valence-corrected chi connectivity index (χ0v) is 21.0. The van der Waals surface area contributed by atoms with Gasteiger partial charge in [-0.1, -0.05) is 46.8 Å². The number of nitrogens with one attached hydrogen (secondary N) is 2. The lowest BCUT2D eigenvalue weighted by Crippen LogP contribution is -2.43. The van der Waals surface area contributed by atoms with Crippen molar-refractivity contribution in [3.63, 3.8) is 0 Å². The van der Waals surface area contributed by atoms with Crippen molar-refractivity contribution in [2.24, 2.45) is 5.92 Å². The molecule has 0 spiro atoms. The molecule has 1 aromatic carbocycles. The maximum absolute atomic E-state index is 13.0. The van der Waals surface area contributed by atoms with Crippen LogP contribution >= 0.6 is 0 Å². The van der Waals surface area contributed by atoms with E-state index in [1.807, 2.05) is 76.6 Å². The average Bonchev–Trinajstić information content (AvgIpc) is 3.05. The van der Waals surface area contributed by atoms with E-state index in [4.69, 9.17) is 5.10 Å². The number of rotatable bonds is 6. The second kappa shape index (κ2) is 9.76. The number of nitrogens with zero attached hydrogens (tertiary/aromatic N) is 3. The van der Waals surface area contributed by atoms with Crippen molar-refractivity contribution in [2.45, 2.75) is 73.3 Å². The predicted molar refractivity (Wildman–Crippen MR) is 131 cm³/mol. The fourth-order valence-electron chi connectivity index (χ4n) is 3.29. The third-order valence-corrected chi connectivity index (χ3v) is 4.86. The standard InChI is InChI=1S/C25H39N5O2/c1-17(2)15-29(23(32)26-19-12-10-11-18(3)13-19)16-22(31)27-21-14-20(24(4,5)6)28-30(21)25(7,8)9/h10-14,17H,15-16H2,1-9H3,(H,26,32)(H,27,31). The van der Waals surface area contributed by atoms with E-state index < -0.39 is 0 Å². The van der Waals surface area contributed by atoms with Gasteiger partial charge in [0.25, 0.3) is 0 Å². The normalized spacial score (nSPS) is 12.1. The van der Waals surface area contributed by atoms with Crippen LogP contribution in [0.1, 0.15) is 66.6 Å². The van der Waals surface area contributed by atoms with Crippen LogP contribution in [0.15, 0.2) is 30.3 Å². The lowest BCUT2D eigenvalue weighted by Gasteiger charge is -2.26. The number of aromatic nitrogens is 2. The Balaban J connectivity index is 2.20. The highest BCUT2D eigenvalue weighted by Gasteiger charge is 2.26. The summed E-state index contributed by atoms with van der Waals surface area (Å²) in [7, 11) is 0. The summed E-state index contributed by atoms with van der Waals surface area (Å²) < 4.78 is 1.84. The molecule has 0 saturated carbocycles. The van der Waals surface area contributed by atoms with Crippen LogP contribution in [-0.4, -0.2) is 39.7 Å². The number of benzene rings is 1. The summed E-state index contributed by atoms with van der Waals surface area (Å²) in [5.74, 6) is 0.602. The number of aryl methyl sites for hydroxylation is 1. The van der Waals surface area contributed by atoms with E-state index in [1.165, 1.54) is 0 Å². The van der Waals surface area contributed by atoms with E-state index in [1.54, 1.807) is 4.90 Å². The molecule has 1 aromatic heterocycles. The molecule has 2 rings (SSSR count). The number of carbonyl (C=O) groups is 2. The van der Waals surface area contributed by atoms with E-state index in [-0.39, 0.29) is 35.4 Å². The zero-order valence-electron chi connectivity index (χ0n) is 21.0. The Morgan fingerprint density at radius 3 is 2.25 bits per heavy atom. The van der Waals surface area contributed by atoms with Crippen LogP contribution in [0.25, 0.3) is 0 Å².